The number of likely N-dealkylation sites (tertiary alicyclic amines) is 1. The first-order chi connectivity index (χ1) is 17.0. The van der Waals surface area contributed by atoms with Crippen molar-refractivity contribution in [1.82, 2.24) is 9.88 Å². The second-order valence-corrected chi connectivity index (χ2v) is 11.3. The molecule has 9 heteroatoms. The summed E-state index contributed by atoms with van der Waals surface area (Å²) in [6.45, 7) is 1.61. The molecule has 6 nitrogen and oxygen atoms in total. The predicted octanol–water partition coefficient (Wildman–Crippen LogP) is 5.55. The molecule has 0 bridgehead atoms. The molecular formula is C26H31FN2O4S2. The first-order valence-electron chi connectivity index (χ1n) is 11.8. The van der Waals surface area contributed by atoms with Crippen LogP contribution < -0.4 is 4.74 Å². The van der Waals surface area contributed by atoms with Gasteiger partial charge in [0, 0.05) is 29.4 Å². The number of rotatable bonds is 11. The van der Waals surface area contributed by atoms with Crippen molar-refractivity contribution in [1.29, 1.82) is 0 Å². The quantitative estimate of drug-likeness (QED) is 0.322. The van der Waals surface area contributed by atoms with Crippen molar-refractivity contribution in [3.8, 4) is 5.75 Å². The Balaban J connectivity index is 1.42. The van der Waals surface area contributed by atoms with Crippen LogP contribution in [0, 0.1) is 5.41 Å². The molecule has 1 aliphatic rings. The Morgan fingerprint density at radius 2 is 2.14 bits per heavy atom. The third-order valence-electron chi connectivity index (χ3n) is 6.99. The van der Waals surface area contributed by atoms with Crippen molar-refractivity contribution in [2.75, 3.05) is 32.5 Å². The van der Waals surface area contributed by atoms with Gasteiger partial charge < -0.3 is 19.8 Å². The topological polar surface area (TPSA) is 82.9 Å². The Bertz CT molecular complexity index is 1130. The summed E-state index contributed by atoms with van der Waals surface area (Å²) < 4.78 is 20.4. The van der Waals surface area contributed by atoms with Gasteiger partial charge in [-0.15, -0.1) is 23.1 Å². The lowest BCUT2D eigenvalue weighted by molar-refractivity contribution is -0.153. The van der Waals surface area contributed by atoms with Crippen LogP contribution in [0.5, 0.6) is 5.75 Å². The lowest BCUT2D eigenvalue weighted by atomic mass is 9.74. The number of fused-ring (bicyclic) bond motifs is 1. The van der Waals surface area contributed by atoms with Gasteiger partial charge >= 0.3 is 5.97 Å². The highest BCUT2D eigenvalue weighted by atomic mass is 32.2. The number of benzene rings is 1. The average Bonchev–Trinajstić information content (AvgIpc) is 3.40. The molecule has 35 heavy (non-hydrogen) atoms. The SMILES string of the molecule is COc1ccc2ncc(CF)c([C@@H](O)CCC3(C(=O)O)CCN(CCSc4cccs4)CC3)c2c1. The van der Waals surface area contributed by atoms with Crippen molar-refractivity contribution in [2.24, 2.45) is 5.41 Å². The molecular weight excluding hydrogens is 487 g/mol. The number of piperidine rings is 1. The van der Waals surface area contributed by atoms with E-state index < -0.39 is 24.2 Å². The largest absolute Gasteiger partial charge is 0.497 e. The highest BCUT2D eigenvalue weighted by molar-refractivity contribution is 8.01. The number of carboxylic acid groups (broad SMARTS) is 1. The van der Waals surface area contributed by atoms with Crippen LogP contribution in [0.4, 0.5) is 4.39 Å². The Hall–Kier alpha value is -2.20. The molecule has 4 rings (SSSR count). The van der Waals surface area contributed by atoms with Crippen molar-refractivity contribution in [2.45, 2.75) is 42.7 Å². The molecule has 1 saturated heterocycles. The fraction of sp³-hybridized carbons (Fsp3) is 0.462. The monoisotopic (exact) mass is 518 g/mol. The molecule has 0 amide bonds. The van der Waals surface area contributed by atoms with Crippen LogP contribution in [0.3, 0.4) is 0 Å². The van der Waals surface area contributed by atoms with E-state index in [1.165, 1.54) is 10.4 Å². The van der Waals surface area contributed by atoms with Crippen LogP contribution in [0.2, 0.25) is 0 Å². The third kappa shape index (κ3) is 5.97. The maximum atomic E-state index is 13.8. The number of ether oxygens (including phenoxy) is 1. The van der Waals surface area contributed by atoms with E-state index in [1.54, 1.807) is 36.6 Å². The van der Waals surface area contributed by atoms with Crippen LogP contribution in [0.15, 0.2) is 46.1 Å². The van der Waals surface area contributed by atoms with Crippen molar-refractivity contribution in [3.63, 3.8) is 0 Å². The predicted molar refractivity (Wildman–Crippen MR) is 138 cm³/mol. The molecule has 0 radical (unpaired) electrons. The molecule has 3 heterocycles. The zero-order valence-corrected chi connectivity index (χ0v) is 21.4. The van der Waals surface area contributed by atoms with E-state index in [4.69, 9.17) is 4.74 Å². The molecule has 0 spiro atoms. The number of carboxylic acids is 1. The second-order valence-electron chi connectivity index (χ2n) is 8.98. The van der Waals surface area contributed by atoms with E-state index in [1.807, 2.05) is 17.8 Å². The number of hydrogen-bond donors (Lipinski definition) is 2. The highest BCUT2D eigenvalue weighted by Crippen LogP contribution is 2.40. The number of halogens is 1. The van der Waals surface area contributed by atoms with Gasteiger partial charge in [0.15, 0.2) is 0 Å². The number of pyridine rings is 1. The minimum Gasteiger partial charge on any atom is -0.497 e. The molecule has 2 N–H and O–H groups in total. The molecule has 0 saturated carbocycles. The van der Waals surface area contributed by atoms with Crippen molar-refractivity contribution in [3.05, 3.63) is 53.0 Å². The van der Waals surface area contributed by atoms with Gasteiger partial charge in [-0.2, -0.15) is 0 Å². The molecule has 1 atom stereocenters. The number of aliphatic hydroxyl groups excluding tert-OH is 1. The standard InChI is InChI=1S/C26H31FN2O4S2/c1-33-19-4-5-21-20(15-19)24(18(16-27)17-28-21)22(30)6-7-26(25(31)32)8-10-29(11-9-26)12-14-35-23-3-2-13-34-23/h2-5,13,15,17,22,30H,6-12,14,16H2,1H3,(H,31,32)/t22-/m0/s1. The van der Waals surface area contributed by atoms with Gasteiger partial charge in [-0.1, -0.05) is 6.07 Å². The zero-order chi connectivity index (χ0) is 24.8. The number of nitrogens with zero attached hydrogens (tertiary/aromatic N) is 2. The first kappa shape index (κ1) is 25.9. The van der Waals surface area contributed by atoms with E-state index in [0.717, 1.165) is 25.4 Å². The van der Waals surface area contributed by atoms with Crippen LogP contribution >= 0.6 is 23.1 Å². The van der Waals surface area contributed by atoms with Gasteiger partial charge in [0.2, 0.25) is 0 Å². The number of methoxy groups -OCH3 is 1. The Kier molecular flexibility index (Phi) is 8.64. The zero-order valence-electron chi connectivity index (χ0n) is 19.8. The van der Waals surface area contributed by atoms with Crippen LogP contribution in [-0.2, 0) is 11.5 Å². The number of alkyl halides is 1. The van der Waals surface area contributed by atoms with Crippen LogP contribution in [0.1, 0.15) is 42.9 Å². The molecule has 2 aromatic heterocycles. The summed E-state index contributed by atoms with van der Waals surface area (Å²) in [5, 5.41) is 24.0. The van der Waals surface area contributed by atoms with Gasteiger partial charge in [0.05, 0.1) is 28.4 Å². The molecule has 3 aromatic rings. The highest BCUT2D eigenvalue weighted by Gasteiger charge is 2.41. The Morgan fingerprint density at radius 1 is 1.34 bits per heavy atom. The minimum atomic E-state index is -0.991. The summed E-state index contributed by atoms with van der Waals surface area (Å²) in [5.41, 5.74) is 0.550. The average molecular weight is 519 g/mol. The lowest BCUT2D eigenvalue weighted by Gasteiger charge is -2.39. The number of hydrogen-bond acceptors (Lipinski definition) is 7. The van der Waals surface area contributed by atoms with Gasteiger partial charge in [-0.25, -0.2) is 4.39 Å². The van der Waals surface area contributed by atoms with Crippen LogP contribution in [0.25, 0.3) is 10.9 Å². The first-order valence-corrected chi connectivity index (χ1v) is 13.6. The lowest BCUT2D eigenvalue weighted by Crippen LogP contribution is -2.45. The number of thioether (sulfide) groups is 1. The maximum absolute atomic E-state index is 13.8. The Morgan fingerprint density at radius 3 is 2.80 bits per heavy atom. The summed E-state index contributed by atoms with van der Waals surface area (Å²) in [5.74, 6) is 0.754. The fourth-order valence-electron chi connectivity index (χ4n) is 4.81. The number of aliphatic carboxylic acids is 1. The van der Waals surface area contributed by atoms with Gasteiger partial charge in [0.1, 0.15) is 12.4 Å². The summed E-state index contributed by atoms with van der Waals surface area (Å²) in [4.78, 5) is 19.0. The molecule has 188 valence electrons. The summed E-state index contributed by atoms with van der Waals surface area (Å²) in [6.07, 6.45) is 2.12. The maximum Gasteiger partial charge on any atom is 0.309 e. The molecule has 1 fully saturated rings. The fourth-order valence-corrected chi connectivity index (χ4v) is 6.68. The summed E-state index contributed by atoms with van der Waals surface area (Å²) in [6, 6.07) is 9.46. The van der Waals surface area contributed by atoms with Gasteiger partial charge in [-0.05, 0) is 74.0 Å². The normalized spacial score (nSPS) is 16.9. The van der Waals surface area contributed by atoms with Crippen LogP contribution in [-0.4, -0.2) is 58.6 Å². The summed E-state index contributed by atoms with van der Waals surface area (Å²) in [7, 11) is 1.55. The van der Waals surface area contributed by atoms with E-state index >= 15 is 0 Å². The van der Waals surface area contributed by atoms with E-state index in [-0.39, 0.29) is 6.42 Å². The molecule has 1 aliphatic heterocycles. The van der Waals surface area contributed by atoms with Crippen molar-refractivity contribution < 1.29 is 24.1 Å². The number of carbonyl (C=O) groups is 1. The second kappa shape index (κ2) is 11.7. The van der Waals surface area contributed by atoms with Gasteiger partial charge in [-0.3, -0.25) is 9.78 Å². The Labute approximate surface area is 213 Å². The molecule has 0 aliphatic carbocycles. The minimum absolute atomic E-state index is 0.240. The summed E-state index contributed by atoms with van der Waals surface area (Å²) >= 11 is 3.56. The molecule has 1 aromatic carbocycles. The van der Waals surface area contributed by atoms with E-state index in [9.17, 15) is 19.4 Å². The smallest absolute Gasteiger partial charge is 0.309 e. The van der Waals surface area contributed by atoms with E-state index in [2.05, 4.69) is 21.3 Å². The number of aromatic nitrogens is 1. The van der Waals surface area contributed by atoms with E-state index in [0.29, 0.717) is 47.0 Å². The van der Waals surface area contributed by atoms with Crippen molar-refractivity contribution >= 4 is 40.0 Å². The van der Waals surface area contributed by atoms with Gasteiger partial charge in [0.25, 0.3) is 0 Å². The number of aliphatic hydroxyl groups is 1. The molecule has 0 unspecified atom stereocenters. The number of thiophene rings is 1. The third-order valence-corrected chi connectivity index (χ3v) is 9.10.